The van der Waals surface area contributed by atoms with Gasteiger partial charge in [0, 0.05) is 19.8 Å². The summed E-state index contributed by atoms with van der Waals surface area (Å²) >= 11 is 13.3. The summed E-state index contributed by atoms with van der Waals surface area (Å²) in [4.78, 5) is 12.1. The predicted octanol–water partition coefficient (Wildman–Crippen LogP) is 4.38. The second kappa shape index (κ2) is 7.20. The van der Waals surface area contributed by atoms with Crippen LogP contribution in [0, 0.1) is 10.5 Å². The molecule has 0 aliphatic carbocycles. The van der Waals surface area contributed by atoms with Gasteiger partial charge in [0.2, 0.25) is 0 Å². The molecule has 2 rings (SSSR count). The van der Waals surface area contributed by atoms with Crippen LogP contribution in [0.5, 0.6) is 0 Å². The van der Waals surface area contributed by atoms with Crippen LogP contribution >= 0.6 is 46.4 Å². The molecular formula is C15H12ClIN2OS. The number of hydrogen-bond acceptors (Lipinski definition) is 2. The van der Waals surface area contributed by atoms with E-state index in [1.165, 1.54) is 0 Å². The van der Waals surface area contributed by atoms with Crippen LogP contribution in [0.4, 0.5) is 5.69 Å². The van der Waals surface area contributed by atoms with Gasteiger partial charge in [0.25, 0.3) is 5.91 Å². The number of rotatable bonds is 2. The molecule has 0 saturated heterocycles. The highest BCUT2D eigenvalue weighted by molar-refractivity contribution is 14.1. The Labute approximate surface area is 147 Å². The van der Waals surface area contributed by atoms with Gasteiger partial charge < -0.3 is 5.32 Å². The zero-order valence-electron chi connectivity index (χ0n) is 11.1. The van der Waals surface area contributed by atoms with Crippen LogP contribution in [0.15, 0.2) is 42.5 Å². The molecule has 0 bridgehead atoms. The highest BCUT2D eigenvalue weighted by Crippen LogP contribution is 2.19. The van der Waals surface area contributed by atoms with E-state index < -0.39 is 0 Å². The SMILES string of the molecule is Cc1ccc(NC(=S)NC(=O)c2cccc(I)c2)cc1Cl. The molecule has 0 aliphatic rings. The lowest BCUT2D eigenvalue weighted by atomic mass is 10.2. The molecule has 2 aromatic carbocycles. The third-order valence-electron chi connectivity index (χ3n) is 2.74. The van der Waals surface area contributed by atoms with Crippen molar-refractivity contribution in [3.05, 3.63) is 62.2 Å². The maximum absolute atomic E-state index is 12.1. The van der Waals surface area contributed by atoms with Crippen LogP contribution < -0.4 is 10.6 Å². The number of thiocarbonyl (C=S) groups is 1. The van der Waals surface area contributed by atoms with Gasteiger partial charge in [0.1, 0.15) is 0 Å². The number of hydrogen-bond donors (Lipinski definition) is 2. The molecule has 1 amide bonds. The van der Waals surface area contributed by atoms with Crippen molar-refractivity contribution in [1.29, 1.82) is 0 Å². The normalized spacial score (nSPS) is 10.0. The first-order valence-electron chi connectivity index (χ1n) is 6.10. The molecule has 0 radical (unpaired) electrons. The number of nitrogens with one attached hydrogen (secondary N) is 2. The van der Waals surface area contributed by atoms with Gasteiger partial charge in [-0.05, 0) is 77.6 Å². The number of benzene rings is 2. The van der Waals surface area contributed by atoms with Gasteiger partial charge in [-0.1, -0.05) is 23.7 Å². The van der Waals surface area contributed by atoms with Crippen LogP contribution in [0.25, 0.3) is 0 Å². The lowest BCUT2D eigenvalue weighted by molar-refractivity contribution is 0.0977. The molecule has 21 heavy (non-hydrogen) atoms. The van der Waals surface area contributed by atoms with Crippen LogP contribution in [-0.4, -0.2) is 11.0 Å². The van der Waals surface area contributed by atoms with E-state index in [1.807, 2.05) is 31.2 Å². The summed E-state index contributed by atoms with van der Waals surface area (Å²) in [7, 11) is 0. The lowest BCUT2D eigenvalue weighted by Crippen LogP contribution is -2.34. The van der Waals surface area contributed by atoms with Gasteiger partial charge in [-0.15, -0.1) is 0 Å². The topological polar surface area (TPSA) is 41.1 Å². The van der Waals surface area contributed by atoms with E-state index in [4.69, 9.17) is 23.8 Å². The van der Waals surface area contributed by atoms with E-state index in [0.717, 1.165) is 14.8 Å². The fraction of sp³-hybridized carbons (Fsp3) is 0.0667. The summed E-state index contributed by atoms with van der Waals surface area (Å²) in [5.41, 5.74) is 2.28. The fourth-order valence-electron chi connectivity index (χ4n) is 1.64. The van der Waals surface area contributed by atoms with Gasteiger partial charge in [-0.25, -0.2) is 0 Å². The molecule has 0 fully saturated rings. The minimum Gasteiger partial charge on any atom is -0.332 e. The molecular weight excluding hydrogens is 419 g/mol. The summed E-state index contributed by atoms with van der Waals surface area (Å²) in [6.07, 6.45) is 0. The first kappa shape index (κ1) is 16.2. The van der Waals surface area contributed by atoms with Crippen LogP contribution in [0.1, 0.15) is 15.9 Å². The van der Waals surface area contributed by atoms with E-state index in [9.17, 15) is 4.79 Å². The Bertz CT molecular complexity index is 706. The van der Waals surface area contributed by atoms with Crippen LogP contribution in [-0.2, 0) is 0 Å². The fourth-order valence-corrected chi connectivity index (χ4v) is 2.57. The molecule has 3 nitrogen and oxygen atoms in total. The van der Waals surface area contributed by atoms with Crippen molar-refractivity contribution in [3.63, 3.8) is 0 Å². The van der Waals surface area contributed by atoms with Crippen molar-refractivity contribution < 1.29 is 4.79 Å². The number of anilines is 1. The lowest BCUT2D eigenvalue weighted by Gasteiger charge is -2.10. The average Bonchev–Trinajstić information content (AvgIpc) is 2.43. The standard InChI is InChI=1S/C15H12ClIN2OS/c1-9-5-6-12(8-13(9)16)18-15(21)19-14(20)10-3-2-4-11(17)7-10/h2-8H,1H3,(H2,18,19,20,21). The first-order valence-corrected chi connectivity index (χ1v) is 7.96. The highest BCUT2D eigenvalue weighted by Gasteiger charge is 2.08. The Morgan fingerprint density at radius 2 is 2.00 bits per heavy atom. The average molecular weight is 431 g/mol. The summed E-state index contributed by atoms with van der Waals surface area (Å²) < 4.78 is 0.990. The molecule has 0 atom stereocenters. The molecule has 2 aromatic rings. The molecule has 0 aliphatic heterocycles. The second-order valence-corrected chi connectivity index (χ2v) is 6.44. The molecule has 0 aromatic heterocycles. The third-order valence-corrected chi connectivity index (χ3v) is 4.03. The van der Waals surface area contributed by atoms with Crippen molar-refractivity contribution in [3.8, 4) is 0 Å². The Morgan fingerprint density at radius 1 is 1.24 bits per heavy atom. The van der Waals surface area contributed by atoms with Crippen molar-refractivity contribution in [1.82, 2.24) is 5.32 Å². The Balaban J connectivity index is 2.01. The molecule has 6 heteroatoms. The monoisotopic (exact) mass is 430 g/mol. The summed E-state index contributed by atoms with van der Waals surface area (Å²) in [5, 5.41) is 6.46. The van der Waals surface area contributed by atoms with Crippen molar-refractivity contribution in [2.75, 3.05) is 5.32 Å². The quantitative estimate of drug-likeness (QED) is 0.549. The Kier molecular flexibility index (Phi) is 5.55. The largest absolute Gasteiger partial charge is 0.332 e. The molecule has 2 N–H and O–H groups in total. The first-order chi connectivity index (χ1) is 9.95. The van der Waals surface area contributed by atoms with Crippen molar-refractivity contribution >= 4 is 63.1 Å². The Hall–Kier alpha value is -1.18. The van der Waals surface area contributed by atoms with Gasteiger partial charge >= 0.3 is 0 Å². The molecule has 0 saturated carbocycles. The Morgan fingerprint density at radius 3 is 2.67 bits per heavy atom. The van der Waals surface area contributed by atoms with E-state index in [1.54, 1.807) is 18.2 Å². The van der Waals surface area contributed by atoms with Crippen molar-refractivity contribution in [2.45, 2.75) is 6.92 Å². The maximum atomic E-state index is 12.1. The van der Waals surface area contributed by atoms with Crippen molar-refractivity contribution in [2.24, 2.45) is 0 Å². The number of aryl methyl sites for hydroxylation is 1. The second-order valence-electron chi connectivity index (χ2n) is 4.38. The predicted molar refractivity (Wildman–Crippen MR) is 99.0 cm³/mol. The number of amides is 1. The number of carbonyl (C=O) groups excluding carboxylic acids is 1. The molecule has 0 unspecified atom stereocenters. The molecule has 0 spiro atoms. The summed E-state index contributed by atoms with van der Waals surface area (Å²) in [5.74, 6) is -0.246. The van der Waals surface area contributed by atoms with Crippen LogP contribution in [0.3, 0.4) is 0 Å². The highest BCUT2D eigenvalue weighted by atomic mass is 127. The maximum Gasteiger partial charge on any atom is 0.257 e. The van der Waals surface area contributed by atoms with Gasteiger partial charge in [0.15, 0.2) is 5.11 Å². The molecule has 0 heterocycles. The number of carbonyl (C=O) groups is 1. The van der Waals surface area contributed by atoms with Crippen LogP contribution in [0.2, 0.25) is 5.02 Å². The van der Waals surface area contributed by atoms with E-state index in [-0.39, 0.29) is 11.0 Å². The van der Waals surface area contributed by atoms with Gasteiger partial charge in [-0.2, -0.15) is 0 Å². The van der Waals surface area contributed by atoms with Gasteiger partial charge in [0.05, 0.1) is 0 Å². The minimum absolute atomic E-state index is 0.235. The summed E-state index contributed by atoms with van der Waals surface area (Å²) in [6.45, 7) is 1.92. The zero-order chi connectivity index (χ0) is 15.4. The third kappa shape index (κ3) is 4.66. The van der Waals surface area contributed by atoms with Gasteiger partial charge in [-0.3, -0.25) is 10.1 Å². The smallest absolute Gasteiger partial charge is 0.257 e. The van der Waals surface area contributed by atoms with E-state index in [2.05, 4.69) is 33.2 Å². The summed E-state index contributed by atoms with van der Waals surface area (Å²) in [6, 6.07) is 12.8. The zero-order valence-corrected chi connectivity index (χ0v) is 14.8. The number of halogens is 2. The molecule has 108 valence electrons. The minimum atomic E-state index is -0.246. The van der Waals surface area contributed by atoms with E-state index in [0.29, 0.717) is 10.6 Å². The van der Waals surface area contributed by atoms with E-state index >= 15 is 0 Å².